The minimum atomic E-state index is 0.325. The highest BCUT2D eigenvalue weighted by Gasteiger charge is 2.11. The Balaban J connectivity index is 2.84. The number of halogens is 1. The summed E-state index contributed by atoms with van der Waals surface area (Å²) >= 11 is 5.62. The summed E-state index contributed by atoms with van der Waals surface area (Å²) in [6.07, 6.45) is 1.03. The van der Waals surface area contributed by atoms with Crippen molar-refractivity contribution in [1.29, 1.82) is 0 Å². The van der Waals surface area contributed by atoms with Crippen molar-refractivity contribution in [2.75, 3.05) is 13.7 Å². The Morgan fingerprint density at radius 3 is 2.76 bits per heavy atom. The maximum atomic E-state index is 5.78. The summed E-state index contributed by atoms with van der Waals surface area (Å²) in [7, 11) is 1.97. The number of ether oxygens (including phenoxy) is 1. The molecule has 0 saturated carbocycles. The maximum Gasteiger partial charge on any atom is 0.124 e. The molecule has 1 aromatic carbocycles. The van der Waals surface area contributed by atoms with E-state index in [0.717, 1.165) is 17.7 Å². The van der Waals surface area contributed by atoms with E-state index >= 15 is 0 Å². The predicted octanol–water partition coefficient (Wildman–Crippen LogP) is 3.88. The van der Waals surface area contributed by atoms with Crippen LogP contribution in [0, 0.1) is 0 Å². The number of rotatable bonds is 6. The summed E-state index contributed by atoms with van der Waals surface area (Å²) in [6, 6.07) is 8.44. The molecule has 17 heavy (non-hydrogen) atoms. The second kappa shape index (κ2) is 7.36. The molecule has 0 fully saturated rings. The first kappa shape index (κ1) is 14.1. The molecular formula is C14H20ClNO. The Labute approximate surface area is 109 Å². The first-order valence-corrected chi connectivity index (χ1v) is 6.31. The topological polar surface area (TPSA) is 21.3 Å². The third kappa shape index (κ3) is 4.06. The monoisotopic (exact) mass is 253 g/mol. The van der Waals surface area contributed by atoms with Crippen molar-refractivity contribution in [1.82, 2.24) is 5.32 Å². The molecule has 1 unspecified atom stereocenters. The Kier molecular flexibility index (Phi) is 6.09. The molecule has 0 bridgehead atoms. The van der Waals surface area contributed by atoms with Crippen molar-refractivity contribution in [3.05, 3.63) is 40.9 Å². The molecular weight excluding hydrogens is 234 g/mol. The van der Waals surface area contributed by atoms with Crippen LogP contribution in [-0.2, 0) is 0 Å². The molecule has 3 heteroatoms. The van der Waals surface area contributed by atoms with Crippen LogP contribution in [0.5, 0.6) is 5.75 Å². The van der Waals surface area contributed by atoms with Crippen LogP contribution in [-0.4, -0.2) is 13.7 Å². The highest BCUT2D eigenvalue weighted by molar-refractivity contribution is 6.25. The van der Waals surface area contributed by atoms with Gasteiger partial charge in [0.15, 0.2) is 0 Å². The molecule has 1 N–H and O–H groups in total. The first-order valence-electron chi connectivity index (χ1n) is 5.87. The van der Waals surface area contributed by atoms with E-state index in [4.69, 9.17) is 16.3 Å². The number of hydrogen-bond donors (Lipinski definition) is 1. The molecule has 1 rings (SSSR count). The van der Waals surface area contributed by atoms with E-state index < -0.39 is 0 Å². The second-order valence-corrected chi connectivity index (χ2v) is 4.25. The average molecular weight is 254 g/mol. The summed E-state index contributed by atoms with van der Waals surface area (Å²) in [6.45, 7) is 4.63. The van der Waals surface area contributed by atoms with E-state index in [0.29, 0.717) is 12.6 Å². The molecule has 94 valence electrons. The van der Waals surface area contributed by atoms with Crippen molar-refractivity contribution in [3.63, 3.8) is 0 Å². The molecule has 2 nitrogen and oxygen atoms in total. The number of para-hydroxylation sites is 1. The van der Waals surface area contributed by atoms with Gasteiger partial charge in [0.25, 0.3) is 0 Å². The fourth-order valence-electron chi connectivity index (χ4n) is 1.70. The standard InChI is InChI=1S/C14H20ClNO/c1-4-13(16-3)12-7-5-6-8-14(12)17-10-11(2)9-15/h5-9,13,16H,4,10H2,1-3H3/b11-9+. The number of nitrogens with one attached hydrogen (secondary N) is 1. The lowest BCUT2D eigenvalue weighted by Crippen LogP contribution is -2.16. The number of hydrogen-bond acceptors (Lipinski definition) is 2. The van der Waals surface area contributed by atoms with Crippen LogP contribution in [0.2, 0.25) is 0 Å². The lowest BCUT2D eigenvalue weighted by atomic mass is 10.0. The van der Waals surface area contributed by atoms with Crippen molar-refractivity contribution in [3.8, 4) is 5.75 Å². The van der Waals surface area contributed by atoms with Gasteiger partial charge in [-0.25, -0.2) is 0 Å². The van der Waals surface area contributed by atoms with Crippen molar-refractivity contribution in [2.45, 2.75) is 26.3 Å². The molecule has 1 atom stereocenters. The fourth-order valence-corrected chi connectivity index (χ4v) is 1.77. The molecule has 0 aliphatic carbocycles. The number of benzene rings is 1. The lowest BCUT2D eigenvalue weighted by molar-refractivity contribution is 0.343. The highest BCUT2D eigenvalue weighted by Crippen LogP contribution is 2.27. The summed E-state index contributed by atoms with van der Waals surface area (Å²) in [5.41, 5.74) is 3.76. The van der Waals surface area contributed by atoms with Gasteiger partial charge >= 0.3 is 0 Å². The predicted molar refractivity (Wildman–Crippen MR) is 73.6 cm³/mol. The zero-order valence-electron chi connectivity index (χ0n) is 10.7. The summed E-state index contributed by atoms with van der Waals surface area (Å²) in [5, 5.41) is 3.29. The first-order chi connectivity index (χ1) is 8.22. The zero-order chi connectivity index (χ0) is 12.7. The maximum absolute atomic E-state index is 5.78. The summed E-state index contributed by atoms with van der Waals surface area (Å²) in [4.78, 5) is 0. The molecule has 0 aliphatic heterocycles. The third-order valence-corrected chi connectivity index (χ3v) is 3.07. The van der Waals surface area contributed by atoms with Crippen LogP contribution in [0.15, 0.2) is 35.4 Å². The van der Waals surface area contributed by atoms with Gasteiger partial charge in [-0.15, -0.1) is 0 Å². The summed E-state index contributed by atoms with van der Waals surface area (Å²) in [5.74, 6) is 0.923. The molecule has 1 aromatic rings. The summed E-state index contributed by atoms with van der Waals surface area (Å²) < 4.78 is 5.78. The van der Waals surface area contributed by atoms with E-state index in [1.54, 1.807) is 5.54 Å². The van der Waals surface area contributed by atoms with Gasteiger partial charge in [0, 0.05) is 17.1 Å². The van der Waals surface area contributed by atoms with E-state index in [1.165, 1.54) is 5.56 Å². The van der Waals surface area contributed by atoms with Gasteiger partial charge in [-0.2, -0.15) is 0 Å². The van der Waals surface area contributed by atoms with E-state index in [2.05, 4.69) is 18.3 Å². The molecule has 0 radical (unpaired) electrons. The van der Waals surface area contributed by atoms with Gasteiger partial charge in [0.2, 0.25) is 0 Å². The molecule has 0 amide bonds. The largest absolute Gasteiger partial charge is 0.489 e. The van der Waals surface area contributed by atoms with Gasteiger partial charge in [0.1, 0.15) is 12.4 Å². The Bertz CT molecular complexity index is 372. The van der Waals surface area contributed by atoms with Crippen molar-refractivity contribution in [2.24, 2.45) is 0 Å². The van der Waals surface area contributed by atoms with E-state index in [1.807, 2.05) is 32.2 Å². The quantitative estimate of drug-likeness (QED) is 0.831. The molecule has 0 aromatic heterocycles. The SMILES string of the molecule is CCC(NC)c1ccccc1OC/C(C)=C/Cl. The second-order valence-electron chi connectivity index (χ2n) is 4.03. The van der Waals surface area contributed by atoms with Crippen LogP contribution in [0.3, 0.4) is 0 Å². The van der Waals surface area contributed by atoms with Gasteiger partial charge in [-0.05, 0) is 32.0 Å². The third-order valence-electron chi connectivity index (χ3n) is 2.69. The minimum Gasteiger partial charge on any atom is -0.489 e. The molecule has 0 heterocycles. The smallest absolute Gasteiger partial charge is 0.124 e. The van der Waals surface area contributed by atoms with Gasteiger partial charge in [-0.3, -0.25) is 0 Å². The molecule has 0 saturated heterocycles. The average Bonchev–Trinajstić information content (AvgIpc) is 2.38. The van der Waals surface area contributed by atoms with Crippen molar-refractivity contribution < 1.29 is 4.74 Å². The fraction of sp³-hybridized carbons (Fsp3) is 0.429. The van der Waals surface area contributed by atoms with Crippen LogP contribution < -0.4 is 10.1 Å². The Hall–Kier alpha value is -0.990. The minimum absolute atomic E-state index is 0.325. The molecule has 0 aliphatic rings. The highest BCUT2D eigenvalue weighted by atomic mass is 35.5. The van der Waals surface area contributed by atoms with Gasteiger partial charge in [0.05, 0.1) is 0 Å². The van der Waals surface area contributed by atoms with Crippen LogP contribution in [0.25, 0.3) is 0 Å². The van der Waals surface area contributed by atoms with E-state index in [-0.39, 0.29) is 0 Å². The van der Waals surface area contributed by atoms with Crippen molar-refractivity contribution >= 4 is 11.6 Å². The Morgan fingerprint density at radius 2 is 2.18 bits per heavy atom. The normalized spacial score (nSPS) is 13.5. The van der Waals surface area contributed by atoms with Gasteiger partial charge < -0.3 is 10.1 Å². The van der Waals surface area contributed by atoms with Crippen LogP contribution >= 0.6 is 11.6 Å². The van der Waals surface area contributed by atoms with E-state index in [9.17, 15) is 0 Å². The van der Waals surface area contributed by atoms with Crippen LogP contribution in [0.4, 0.5) is 0 Å². The van der Waals surface area contributed by atoms with Gasteiger partial charge in [-0.1, -0.05) is 36.7 Å². The van der Waals surface area contributed by atoms with Crippen LogP contribution in [0.1, 0.15) is 31.9 Å². The molecule has 0 spiro atoms. The zero-order valence-corrected chi connectivity index (χ0v) is 11.4. The Morgan fingerprint density at radius 1 is 1.47 bits per heavy atom. The lowest BCUT2D eigenvalue weighted by Gasteiger charge is -2.18.